The molecule has 0 bridgehead atoms. The Balaban J connectivity index is 1.72. The molecule has 0 aliphatic carbocycles. The van der Waals surface area contributed by atoms with Crippen molar-refractivity contribution in [3.8, 4) is 11.5 Å². The van der Waals surface area contributed by atoms with Crippen LogP contribution in [0.4, 0.5) is 10.5 Å². The van der Waals surface area contributed by atoms with Crippen LogP contribution in [0.25, 0.3) is 11.0 Å². The number of fused-ring (bicyclic) bond motifs is 1. The summed E-state index contributed by atoms with van der Waals surface area (Å²) in [6.07, 6.45) is 4.57. The van der Waals surface area contributed by atoms with Gasteiger partial charge in [-0.25, -0.2) is 28.4 Å². The SMILES string of the molecule is COc1ccc(S(=O)(=O)N(Cc2cccnc2)c2c(OC(=O)NO)cnc3c2cnn3Cc2ccccc2)cc1. The highest BCUT2D eigenvalue weighted by atomic mass is 32.2. The van der Waals surface area contributed by atoms with E-state index in [1.54, 1.807) is 23.0 Å². The average Bonchev–Trinajstić information content (AvgIpc) is 3.39. The summed E-state index contributed by atoms with van der Waals surface area (Å²) >= 11 is 0. The fraction of sp³-hybridized carbons (Fsp3) is 0.111. The van der Waals surface area contributed by atoms with Gasteiger partial charge in [0, 0.05) is 12.4 Å². The topological polar surface area (TPSA) is 149 Å². The van der Waals surface area contributed by atoms with E-state index >= 15 is 0 Å². The lowest BCUT2D eigenvalue weighted by Gasteiger charge is -2.26. The van der Waals surface area contributed by atoms with Gasteiger partial charge in [-0.3, -0.25) is 14.5 Å². The summed E-state index contributed by atoms with van der Waals surface area (Å²) in [6, 6.07) is 18.9. The van der Waals surface area contributed by atoms with Crippen molar-refractivity contribution in [2.45, 2.75) is 18.0 Å². The number of hydrogen-bond donors (Lipinski definition) is 2. The van der Waals surface area contributed by atoms with E-state index in [2.05, 4.69) is 15.1 Å². The molecule has 12 nitrogen and oxygen atoms in total. The number of carbonyl (C=O) groups is 1. The summed E-state index contributed by atoms with van der Waals surface area (Å²) in [7, 11) is -2.79. The van der Waals surface area contributed by atoms with Gasteiger partial charge in [0.2, 0.25) is 0 Å². The fourth-order valence-electron chi connectivity index (χ4n) is 4.14. The molecule has 0 spiro atoms. The Morgan fingerprint density at radius 2 is 1.75 bits per heavy atom. The first-order chi connectivity index (χ1) is 19.4. The molecule has 0 aliphatic heterocycles. The van der Waals surface area contributed by atoms with Crippen LogP contribution < -0.4 is 19.3 Å². The van der Waals surface area contributed by atoms with Crippen molar-refractivity contribution in [1.82, 2.24) is 25.2 Å². The van der Waals surface area contributed by atoms with Crippen molar-refractivity contribution in [3.05, 3.63) is 103 Å². The van der Waals surface area contributed by atoms with Crippen molar-refractivity contribution in [2.75, 3.05) is 11.4 Å². The summed E-state index contributed by atoms with van der Waals surface area (Å²) in [5.74, 6) is 0.272. The number of amides is 1. The van der Waals surface area contributed by atoms with E-state index in [0.29, 0.717) is 28.9 Å². The molecule has 5 aromatic rings. The second-order valence-electron chi connectivity index (χ2n) is 8.55. The van der Waals surface area contributed by atoms with Crippen LogP contribution in [0.1, 0.15) is 11.1 Å². The molecule has 0 fully saturated rings. The second kappa shape index (κ2) is 11.4. The van der Waals surface area contributed by atoms with E-state index in [-0.39, 0.29) is 22.9 Å². The quantitative estimate of drug-likeness (QED) is 0.203. The van der Waals surface area contributed by atoms with Gasteiger partial charge in [0.1, 0.15) is 11.4 Å². The van der Waals surface area contributed by atoms with E-state index in [1.807, 2.05) is 30.3 Å². The average molecular weight is 561 g/mol. The molecule has 204 valence electrons. The number of carbonyl (C=O) groups excluding carboxylic acids is 1. The van der Waals surface area contributed by atoms with E-state index in [0.717, 1.165) is 9.87 Å². The zero-order chi connectivity index (χ0) is 28.1. The number of rotatable bonds is 9. The van der Waals surface area contributed by atoms with Crippen LogP contribution in [-0.4, -0.2) is 46.6 Å². The third-order valence-corrected chi connectivity index (χ3v) is 7.78. The Morgan fingerprint density at radius 3 is 2.42 bits per heavy atom. The molecule has 0 aliphatic rings. The highest BCUT2D eigenvalue weighted by Crippen LogP contribution is 2.39. The number of nitrogens with zero attached hydrogens (tertiary/aromatic N) is 5. The molecule has 2 aromatic carbocycles. The molecular formula is C27H24N6O6S. The van der Waals surface area contributed by atoms with Crippen LogP contribution in [0, 0.1) is 0 Å². The number of hydroxylamine groups is 1. The molecule has 0 atom stereocenters. The first-order valence-corrected chi connectivity index (χ1v) is 13.4. The minimum Gasteiger partial charge on any atom is -0.497 e. The van der Waals surface area contributed by atoms with Gasteiger partial charge in [-0.15, -0.1) is 0 Å². The van der Waals surface area contributed by atoms with Crippen LogP contribution in [0.3, 0.4) is 0 Å². The second-order valence-corrected chi connectivity index (χ2v) is 10.4. The number of hydrogen-bond acceptors (Lipinski definition) is 9. The molecule has 1 amide bonds. The number of pyridine rings is 2. The number of sulfonamides is 1. The Labute approximate surface area is 229 Å². The van der Waals surface area contributed by atoms with Gasteiger partial charge in [-0.2, -0.15) is 5.10 Å². The molecule has 3 aromatic heterocycles. The maximum atomic E-state index is 14.2. The highest BCUT2D eigenvalue weighted by Gasteiger charge is 2.32. The lowest BCUT2D eigenvalue weighted by Crippen LogP contribution is -2.32. The molecule has 3 heterocycles. The van der Waals surface area contributed by atoms with Crippen LogP contribution in [0.15, 0.2) is 96.4 Å². The zero-order valence-electron chi connectivity index (χ0n) is 21.2. The van der Waals surface area contributed by atoms with Crippen LogP contribution in [0.2, 0.25) is 0 Å². The number of aromatic nitrogens is 4. The van der Waals surface area contributed by atoms with E-state index in [9.17, 15) is 13.2 Å². The molecule has 40 heavy (non-hydrogen) atoms. The Morgan fingerprint density at radius 1 is 1.00 bits per heavy atom. The zero-order valence-corrected chi connectivity index (χ0v) is 22.0. The van der Waals surface area contributed by atoms with Crippen LogP contribution >= 0.6 is 0 Å². The largest absolute Gasteiger partial charge is 0.497 e. The number of ether oxygens (including phenoxy) is 2. The minimum absolute atomic E-state index is 0.00702. The number of anilines is 1. The molecule has 13 heteroatoms. The summed E-state index contributed by atoms with van der Waals surface area (Å²) < 4.78 is 41.6. The molecule has 0 unspecified atom stereocenters. The van der Waals surface area contributed by atoms with Gasteiger partial charge < -0.3 is 9.47 Å². The summed E-state index contributed by atoms with van der Waals surface area (Å²) in [6.45, 7) is 0.199. The maximum absolute atomic E-state index is 14.2. The van der Waals surface area contributed by atoms with Gasteiger partial charge in [0.05, 0.1) is 42.9 Å². The van der Waals surface area contributed by atoms with Crippen molar-refractivity contribution in [3.63, 3.8) is 0 Å². The normalized spacial score (nSPS) is 11.2. The molecule has 0 saturated heterocycles. The molecule has 5 rings (SSSR count). The molecule has 2 N–H and O–H groups in total. The Hall–Kier alpha value is -5.01. The molecule has 0 radical (unpaired) electrons. The lowest BCUT2D eigenvalue weighted by molar-refractivity contribution is 0.127. The standard InChI is InChI=1S/C27H24N6O6S/c1-38-21-9-11-22(12-10-21)40(36,37)33(18-20-8-5-13-28-14-20)25-23-15-30-32(17-19-6-3-2-4-7-19)26(23)29-16-24(25)39-27(34)31-35/h2-16,35H,17-18H2,1H3,(H,31,34). The molecule has 0 saturated carbocycles. The van der Waals surface area contributed by atoms with E-state index in [4.69, 9.17) is 14.7 Å². The van der Waals surface area contributed by atoms with Gasteiger partial charge in [0.15, 0.2) is 11.4 Å². The Kier molecular flexibility index (Phi) is 7.57. The van der Waals surface area contributed by atoms with Gasteiger partial charge >= 0.3 is 6.09 Å². The first kappa shape index (κ1) is 26.6. The van der Waals surface area contributed by atoms with Gasteiger partial charge in [-0.1, -0.05) is 36.4 Å². The summed E-state index contributed by atoms with van der Waals surface area (Å²) in [5.41, 5.74) is 3.28. The van der Waals surface area contributed by atoms with Crippen molar-refractivity contribution < 1.29 is 27.9 Å². The number of nitrogens with one attached hydrogen (secondary N) is 1. The number of methoxy groups -OCH3 is 1. The summed E-state index contributed by atoms with van der Waals surface area (Å²) in [4.78, 5) is 20.6. The predicted octanol–water partition coefficient (Wildman–Crippen LogP) is 3.76. The van der Waals surface area contributed by atoms with E-state index in [1.165, 1.54) is 55.4 Å². The van der Waals surface area contributed by atoms with Crippen LogP contribution in [-0.2, 0) is 23.1 Å². The van der Waals surface area contributed by atoms with Crippen molar-refractivity contribution in [1.29, 1.82) is 0 Å². The summed E-state index contributed by atoms with van der Waals surface area (Å²) in [5, 5.41) is 13.9. The third-order valence-electron chi connectivity index (χ3n) is 6.02. The monoisotopic (exact) mass is 560 g/mol. The smallest absolute Gasteiger partial charge is 0.436 e. The van der Waals surface area contributed by atoms with Crippen molar-refractivity contribution in [2.24, 2.45) is 0 Å². The first-order valence-electron chi connectivity index (χ1n) is 12.0. The van der Waals surface area contributed by atoms with Crippen molar-refractivity contribution >= 4 is 32.8 Å². The Bertz CT molecular complexity index is 1730. The predicted molar refractivity (Wildman–Crippen MR) is 145 cm³/mol. The maximum Gasteiger partial charge on any atom is 0.436 e. The van der Waals surface area contributed by atoms with Gasteiger partial charge in [-0.05, 0) is 41.5 Å². The lowest BCUT2D eigenvalue weighted by atomic mass is 10.2. The fourth-order valence-corrected chi connectivity index (χ4v) is 5.62. The minimum atomic E-state index is -4.27. The van der Waals surface area contributed by atoms with Gasteiger partial charge in [0.25, 0.3) is 10.0 Å². The van der Waals surface area contributed by atoms with Crippen LogP contribution in [0.5, 0.6) is 11.5 Å². The van der Waals surface area contributed by atoms with E-state index < -0.39 is 16.1 Å². The molecular weight excluding hydrogens is 536 g/mol. The third kappa shape index (κ3) is 5.41. The highest BCUT2D eigenvalue weighted by molar-refractivity contribution is 7.92. The number of benzene rings is 2.